The second-order valence-corrected chi connectivity index (χ2v) is 5.37. The first-order chi connectivity index (χ1) is 9.69. The maximum absolute atomic E-state index is 12.1. The molecule has 1 aliphatic rings. The molecule has 108 valence electrons. The second-order valence-electron chi connectivity index (χ2n) is 5.37. The van der Waals surface area contributed by atoms with Crippen molar-refractivity contribution in [2.75, 3.05) is 7.05 Å². The fourth-order valence-electron chi connectivity index (χ4n) is 2.48. The van der Waals surface area contributed by atoms with Gasteiger partial charge >= 0.3 is 0 Å². The first kappa shape index (κ1) is 14.6. The van der Waals surface area contributed by atoms with Crippen LogP contribution in [0.2, 0.25) is 0 Å². The molecule has 4 heteroatoms. The van der Waals surface area contributed by atoms with Crippen molar-refractivity contribution in [3.8, 4) is 0 Å². The Morgan fingerprint density at radius 3 is 2.40 bits per heavy atom. The number of carbonyl (C=O) groups is 1. The minimum absolute atomic E-state index is 0.117. The number of amides is 1. The fraction of sp³-hybridized carbons (Fsp3) is 0.500. The molecule has 0 atom stereocenters. The summed E-state index contributed by atoms with van der Waals surface area (Å²) in [5.74, 6) is 0.455. The van der Waals surface area contributed by atoms with Crippen LogP contribution >= 0.6 is 0 Å². The number of nitrogens with zero attached hydrogens (tertiary/aromatic N) is 1. The number of nitrogens with one attached hydrogen (secondary N) is 2. The van der Waals surface area contributed by atoms with Gasteiger partial charge in [0.2, 0.25) is 0 Å². The largest absolute Gasteiger partial charge is 0.353 e. The van der Waals surface area contributed by atoms with Crippen molar-refractivity contribution < 1.29 is 4.79 Å². The van der Waals surface area contributed by atoms with E-state index < -0.39 is 0 Å². The van der Waals surface area contributed by atoms with Crippen molar-refractivity contribution in [1.82, 2.24) is 10.6 Å². The van der Waals surface area contributed by atoms with E-state index >= 15 is 0 Å². The highest BCUT2D eigenvalue weighted by atomic mass is 16.1. The zero-order valence-electron chi connectivity index (χ0n) is 12.3. The Morgan fingerprint density at radius 2 is 1.80 bits per heavy atom. The molecule has 2 N–H and O–H groups in total. The molecule has 1 fully saturated rings. The molecule has 0 radical (unpaired) electrons. The molecule has 1 aromatic rings. The lowest BCUT2D eigenvalue weighted by molar-refractivity contribution is 0.0975. The van der Waals surface area contributed by atoms with Gasteiger partial charge in [-0.1, -0.05) is 37.0 Å². The van der Waals surface area contributed by atoms with Crippen LogP contribution in [0, 0.1) is 6.92 Å². The summed E-state index contributed by atoms with van der Waals surface area (Å²) in [5.41, 5.74) is 1.80. The van der Waals surface area contributed by atoms with E-state index in [4.69, 9.17) is 0 Å². The maximum Gasteiger partial charge on any atom is 0.257 e. The van der Waals surface area contributed by atoms with Gasteiger partial charge in [0.15, 0.2) is 5.96 Å². The summed E-state index contributed by atoms with van der Waals surface area (Å²) in [5, 5.41) is 6.19. The Morgan fingerprint density at radius 1 is 1.15 bits per heavy atom. The average molecular weight is 273 g/mol. The Hall–Kier alpha value is -1.84. The number of hydrogen-bond acceptors (Lipinski definition) is 2. The van der Waals surface area contributed by atoms with Crippen LogP contribution in [-0.2, 0) is 0 Å². The Labute approximate surface area is 120 Å². The van der Waals surface area contributed by atoms with Gasteiger partial charge < -0.3 is 5.32 Å². The summed E-state index contributed by atoms with van der Waals surface area (Å²) >= 11 is 0. The molecule has 0 unspecified atom stereocenters. The molecule has 4 nitrogen and oxygen atoms in total. The summed E-state index contributed by atoms with van der Waals surface area (Å²) in [6, 6.07) is 7.97. The fourth-order valence-corrected chi connectivity index (χ4v) is 2.48. The molecular formula is C16H23N3O. The van der Waals surface area contributed by atoms with Gasteiger partial charge in [0.1, 0.15) is 0 Å². The van der Waals surface area contributed by atoms with Crippen LogP contribution in [0.1, 0.15) is 48.0 Å². The lowest BCUT2D eigenvalue weighted by Crippen LogP contribution is -2.46. The van der Waals surface area contributed by atoms with Gasteiger partial charge in [-0.3, -0.25) is 15.1 Å². The standard InChI is InChI=1S/C16H23N3O/c1-12-8-10-13(11-9-12)15(20)19-16(17-2)18-14-6-4-3-5-7-14/h8-11,14H,3-7H2,1-2H3,(H2,17,18,19,20). The zero-order chi connectivity index (χ0) is 14.4. The number of aryl methyl sites for hydroxylation is 1. The highest BCUT2D eigenvalue weighted by molar-refractivity contribution is 6.05. The van der Waals surface area contributed by atoms with Crippen LogP contribution in [-0.4, -0.2) is 25.0 Å². The smallest absolute Gasteiger partial charge is 0.257 e. The first-order valence-electron chi connectivity index (χ1n) is 7.30. The SMILES string of the molecule is C/N=C(\NC(=O)c1ccc(C)cc1)NC1CCCCC1. The van der Waals surface area contributed by atoms with Crippen molar-refractivity contribution in [2.45, 2.75) is 45.1 Å². The number of carbonyl (C=O) groups excluding carboxylic acids is 1. The predicted molar refractivity (Wildman–Crippen MR) is 82.0 cm³/mol. The van der Waals surface area contributed by atoms with E-state index in [9.17, 15) is 4.79 Å². The summed E-state index contributed by atoms with van der Waals surface area (Å²) in [6.07, 6.45) is 6.12. The van der Waals surface area contributed by atoms with E-state index in [0.29, 0.717) is 17.6 Å². The molecular weight excluding hydrogens is 250 g/mol. The van der Waals surface area contributed by atoms with Crippen molar-refractivity contribution in [2.24, 2.45) is 4.99 Å². The molecule has 1 aliphatic carbocycles. The third-order valence-corrected chi connectivity index (χ3v) is 3.72. The molecule has 0 saturated heterocycles. The molecule has 20 heavy (non-hydrogen) atoms. The summed E-state index contributed by atoms with van der Waals surface area (Å²) in [6.45, 7) is 2.01. The topological polar surface area (TPSA) is 53.5 Å². The molecule has 2 rings (SSSR count). The Balaban J connectivity index is 1.92. The molecule has 0 spiro atoms. The van der Waals surface area contributed by atoms with Gasteiger partial charge in [0.25, 0.3) is 5.91 Å². The third kappa shape index (κ3) is 4.08. The van der Waals surface area contributed by atoms with Gasteiger partial charge in [0.05, 0.1) is 0 Å². The lowest BCUT2D eigenvalue weighted by Gasteiger charge is -2.24. The molecule has 0 aliphatic heterocycles. The first-order valence-corrected chi connectivity index (χ1v) is 7.30. The summed E-state index contributed by atoms with van der Waals surface area (Å²) in [4.78, 5) is 16.3. The van der Waals surface area contributed by atoms with Gasteiger partial charge in [-0.15, -0.1) is 0 Å². The zero-order valence-corrected chi connectivity index (χ0v) is 12.3. The number of guanidine groups is 1. The van der Waals surface area contributed by atoms with Crippen molar-refractivity contribution >= 4 is 11.9 Å². The minimum Gasteiger partial charge on any atom is -0.353 e. The third-order valence-electron chi connectivity index (χ3n) is 3.72. The van der Waals surface area contributed by atoms with E-state index in [2.05, 4.69) is 15.6 Å². The lowest BCUT2D eigenvalue weighted by atomic mass is 9.96. The van der Waals surface area contributed by atoms with Gasteiger partial charge in [-0.2, -0.15) is 0 Å². The molecule has 1 saturated carbocycles. The van der Waals surface area contributed by atoms with Gasteiger partial charge in [-0.25, -0.2) is 0 Å². The minimum atomic E-state index is -0.117. The molecule has 0 bridgehead atoms. The van der Waals surface area contributed by atoms with E-state index in [-0.39, 0.29) is 5.91 Å². The quantitative estimate of drug-likeness (QED) is 0.643. The molecule has 0 heterocycles. The number of benzene rings is 1. The highest BCUT2D eigenvalue weighted by Gasteiger charge is 2.16. The van der Waals surface area contributed by atoms with E-state index in [0.717, 1.165) is 18.4 Å². The summed E-state index contributed by atoms with van der Waals surface area (Å²) < 4.78 is 0. The van der Waals surface area contributed by atoms with Crippen LogP contribution in [0.15, 0.2) is 29.3 Å². The number of aliphatic imine (C=N–C) groups is 1. The Kier molecular flexibility index (Phi) is 5.16. The normalized spacial score (nSPS) is 16.8. The average Bonchev–Trinajstić information content (AvgIpc) is 2.48. The van der Waals surface area contributed by atoms with E-state index in [1.165, 1.54) is 19.3 Å². The van der Waals surface area contributed by atoms with E-state index in [1.807, 2.05) is 31.2 Å². The number of hydrogen-bond donors (Lipinski definition) is 2. The summed E-state index contributed by atoms with van der Waals surface area (Å²) in [7, 11) is 1.70. The van der Waals surface area contributed by atoms with Crippen LogP contribution in [0.5, 0.6) is 0 Å². The Bertz CT molecular complexity index is 473. The van der Waals surface area contributed by atoms with E-state index in [1.54, 1.807) is 7.05 Å². The van der Waals surface area contributed by atoms with Crippen LogP contribution < -0.4 is 10.6 Å². The predicted octanol–water partition coefficient (Wildman–Crippen LogP) is 2.63. The van der Waals surface area contributed by atoms with Crippen LogP contribution in [0.3, 0.4) is 0 Å². The monoisotopic (exact) mass is 273 g/mol. The van der Waals surface area contributed by atoms with Crippen LogP contribution in [0.25, 0.3) is 0 Å². The van der Waals surface area contributed by atoms with Gasteiger partial charge in [-0.05, 0) is 31.9 Å². The van der Waals surface area contributed by atoms with Gasteiger partial charge in [0, 0.05) is 18.7 Å². The number of rotatable bonds is 2. The van der Waals surface area contributed by atoms with Crippen molar-refractivity contribution in [1.29, 1.82) is 0 Å². The molecule has 1 aromatic carbocycles. The van der Waals surface area contributed by atoms with Crippen molar-refractivity contribution in [3.05, 3.63) is 35.4 Å². The molecule has 0 aromatic heterocycles. The highest BCUT2D eigenvalue weighted by Crippen LogP contribution is 2.17. The molecule has 1 amide bonds. The van der Waals surface area contributed by atoms with Crippen LogP contribution in [0.4, 0.5) is 0 Å². The second kappa shape index (κ2) is 7.08. The van der Waals surface area contributed by atoms with Crippen molar-refractivity contribution in [3.63, 3.8) is 0 Å². The maximum atomic E-state index is 12.1.